The van der Waals surface area contributed by atoms with Crippen LogP contribution in [0.1, 0.15) is 24.1 Å². The lowest BCUT2D eigenvalue weighted by molar-refractivity contribution is -0.192. The van der Waals surface area contributed by atoms with E-state index in [1.165, 1.54) is 19.1 Å². The van der Waals surface area contributed by atoms with Gasteiger partial charge in [0.25, 0.3) is 0 Å². The van der Waals surface area contributed by atoms with Crippen LogP contribution in [0.2, 0.25) is 0 Å². The van der Waals surface area contributed by atoms with Gasteiger partial charge in [-0.2, -0.15) is 31.8 Å². The zero-order chi connectivity index (χ0) is 14.7. The van der Waals surface area contributed by atoms with E-state index in [2.05, 4.69) is 10.3 Å². The van der Waals surface area contributed by atoms with E-state index in [-0.39, 0.29) is 0 Å². The molecule has 1 aromatic rings. The van der Waals surface area contributed by atoms with E-state index >= 15 is 0 Å². The Kier molecular flexibility index (Phi) is 4.81. The quantitative estimate of drug-likeness (QED) is 0.671. The maximum Gasteiger partial charge on any atom is 0.416 e. The highest BCUT2D eigenvalue weighted by atomic mass is 19.4. The maximum atomic E-state index is 12.3. The largest absolute Gasteiger partial charge is 0.416 e. The molecule has 19 heavy (non-hydrogen) atoms. The summed E-state index contributed by atoms with van der Waals surface area (Å²) in [5.74, 6) is 0. The van der Waals surface area contributed by atoms with Crippen LogP contribution in [0, 0.1) is 0 Å². The zero-order valence-corrected chi connectivity index (χ0v) is 9.77. The number of hydrogen-bond donors (Lipinski definition) is 1. The number of rotatable bonds is 4. The fourth-order valence-corrected chi connectivity index (χ4v) is 1.28. The smallest absolute Gasteiger partial charge is 0.292 e. The lowest BCUT2D eigenvalue weighted by Gasteiger charge is -2.16. The van der Waals surface area contributed by atoms with Crippen molar-refractivity contribution in [3.8, 4) is 0 Å². The highest BCUT2D eigenvalue weighted by Crippen LogP contribution is 2.29. The molecule has 0 aliphatic heterocycles. The van der Waals surface area contributed by atoms with Gasteiger partial charge in [-0.05, 0) is 24.6 Å². The van der Waals surface area contributed by atoms with Gasteiger partial charge in [-0.1, -0.05) is 12.1 Å². The molecule has 1 N–H and O–H groups in total. The van der Waals surface area contributed by atoms with Gasteiger partial charge in [0.05, 0.1) is 11.6 Å². The minimum Gasteiger partial charge on any atom is -0.292 e. The summed E-state index contributed by atoms with van der Waals surface area (Å²) >= 11 is 0. The molecule has 0 saturated carbocycles. The van der Waals surface area contributed by atoms with E-state index < -0.39 is 30.6 Å². The van der Waals surface area contributed by atoms with Crippen LogP contribution in [0.25, 0.3) is 0 Å². The number of benzene rings is 1. The van der Waals surface area contributed by atoms with Gasteiger partial charge >= 0.3 is 12.4 Å². The first-order valence-corrected chi connectivity index (χ1v) is 5.21. The molecular formula is C11H11F6NO. The fraction of sp³-hybridized carbons (Fsp3) is 0.455. The van der Waals surface area contributed by atoms with Gasteiger partial charge in [-0.25, -0.2) is 0 Å². The van der Waals surface area contributed by atoms with E-state index in [4.69, 9.17) is 0 Å². The SMILES string of the molecule is CC(NOCC(F)(F)F)c1ccc(C(F)(F)F)cc1. The van der Waals surface area contributed by atoms with Crippen molar-refractivity contribution in [2.75, 3.05) is 6.61 Å². The van der Waals surface area contributed by atoms with Gasteiger partial charge in [0.1, 0.15) is 0 Å². The number of hydrogen-bond acceptors (Lipinski definition) is 2. The first-order chi connectivity index (χ1) is 8.59. The second kappa shape index (κ2) is 5.79. The van der Waals surface area contributed by atoms with Crippen molar-refractivity contribution in [2.24, 2.45) is 0 Å². The Balaban J connectivity index is 2.56. The van der Waals surface area contributed by atoms with Crippen molar-refractivity contribution in [3.05, 3.63) is 35.4 Å². The van der Waals surface area contributed by atoms with Crippen molar-refractivity contribution < 1.29 is 31.2 Å². The average Bonchev–Trinajstić information content (AvgIpc) is 2.26. The number of alkyl halides is 6. The van der Waals surface area contributed by atoms with Crippen LogP contribution < -0.4 is 5.48 Å². The van der Waals surface area contributed by atoms with E-state index in [9.17, 15) is 26.3 Å². The Bertz CT molecular complexity index is 397. The summed E-state index contributed by atoms with van der Waals surface area (Å²) in [4.78, 5) is 4.21. The molecule has 0 spiro atoms. The molecule has 2 nitrogen and oxygen atoms in total. The zero-order valence-electron chi connectivity index (χ0n) is 9.77. The molecule has 0 amide bonds. The Hall–Kier alpha value is -1.28. The minimum absolute atomic E-state index is 0.384. The third kappa shape index (κ3) is 5.48. The molecule has 0 fully saturated rings. The summed E-state index contributed by atoms with van der Waals surface area (Å²) in [6.07, 6.45) is -8.91. The Labute approximate surface area is 105 Å². The van der Waals surface area contributed by atoms with Crippen molar-refractivity contribution in [1.82, 2.24) is 5.48 Å². The highest BCUT2D eigenvalue weighted by molar-refractivity contribution is 5.26. The van der Waals surface area contributed by atoms with Gasteiger partial charge in [0, 0.05) is 0 Å². The van der Waals surface area contributed by atoms with Crippen molar-refractivity contribution >= 4 is 0 Å². The molecule has 0 aliphatic carbocycles. The molecule has 1 rings (SSSR count). The second-order valence-corrected chi connectivity index (χ2v) is 3.86. The van der Waals surface area contributed by atoms with E-state index in [0.717, 1.165) is 12.1 Å². The summed E-state index contributed by atoms with van der Waals surface area (Å²) in [5, 5.41) is 0. The maximum absolute atomic E-state index is 12.3. The molecule has 8 heteroatoms. The Morgan fingerprint density at radius 3 is 2.00 bits per heavy atom. The van der Waals surface area contributed by atoms with Crippen molar-refractivity contribution in [1.29, 1.82) is 0 Å². The van der Waals surface area contributed by atoms with Crippen LogP contribution in [0.4, 0.5) is 26.3 Å². The third-order valence-corrected chi connectivity index (χ3v) is 2.23. The molecule has 0 aliphatic rings. The Morgan fingerprint density at radius 2 is 1.58 bits per heavy atom. The van der Waals surface area contributed by atoms with Crippen LogP contribution in [0.3, 0.4) is 0 Å². The predicted molar refractivity (Wildman–Crippen MR) is 55.0 cm³/mol. The lowest BCUT2D eigenvalue weighted by atomic mass is 10.1. The standard InChI is InChI=1S/C11H11F6NO/c1-7(18-19-6-10(12,13)14)8-2-4-9(5-3-8)11(15,16)17/h2-5,7,18H,6H2,1H3. The average molecular weight is 287 g/mol. The van der Waals surface area contributed by atoms with Gasteiger partial charge in [0.2, 0.25) is 0 Å². The van der Waals surface area contributed by atoms with Crippen LogP contribution in [-0.2, 0) is 11.0 Å². The third-order valence-electron chi connectivity index (χ3n) is 2.23. The second-order valence-electron chi connectivity index (χ2n) is 3.86. The first-order valence-electron chi connectivity index (χ1n) is 5.21. The topological polar surface area (TPSA) is 21.3 Å². The fourth-order valence-electron chi connectivity index (χ4n) is 1.28. The van der Waals surface area contributed by atoms with Gasteiger partial charge in [-0.15, -0.1) is 0 Å². The van der Waals surface area contributed by atoms with Crippen LogP contribution in [0.5, 0.6) is 0 Å². The number of halogens is 6. The van der Waals surface area contributed by atoms with E-state index in [1.807, 2.05) is 0 Å². The number of hydroxylamine groups is 1. The summed E-state index contributed by atoms with van der Waals surface area (Å²) in [6, 6.07) is 3.41. The normalized spacial score (nSPS) is 14.5. The van der Waals surface area contributed by atoms with E-state index in [1.54, 1.807) is 0 Å². The van der Waals surface area contributed by atoms with Crippen molar-refractivity contribution in [2.45, 2.75) is 25.3 Å². The van der Waals surface area contributed by atoms with E-state index in [0.29, 0.717) is 5.56 Å². The predicted octanol–water partition coefficient (Wildman–Crippen LogP) is 3.85. The molecule has 1 unspecified atom stereocenters. The summed E-state index contributed by atoms with van der Waals surface area (Å²) in [7, 11) is 0. The van der Waals surface area contributed by atoms with Crippen molar-refractivity contribution in [3.63, 3.8) is 0 Å². The van der Waals surface area contributed by atoms with Crippen LogP contribution in [0.15, 0.2) is 24.3 Å². The molecule has 0 bridgehead atoms. The minimum atomic E-state index is -4.47. The molecule has 1 atom stereocenters. The summed E-state index contributed by atoms with van der Waals surface area (Å²) in [5.41, 5.74) is 1.68. The van der Waals surface area contributed by atoms with Gasteiger partial charge in [-0.3, -0.25) is 4.84 Å². The molecule has 108 valence electrons. The van der Waals surface area contributed by atoms with Crippen LogP contribution >= 0.6 is 0 Å². The summed E-state index contributed by atoms with van der Waals surface area (Å²) in [6.45, 7) is -0.00303. The highest BCUT2D eigenvalue weighted by Gasteiger charge is 2.30. The van der Waals surface area contributed by atoms with Gasteiger partial charge < -0.3 is 0 Å². The van der Waals surface area contributed by atoms with Gasteiger partial charge in [0.15, 0.2) is 6.61 Å². The molecule has 0 heterocycles. The molecule has 0 aromatic heterocycles. The monoisotopic (exact) mass is 287 g/mol. The molecule has 0 saturated heterocycles. The number of nitrogens with one attached hydrogen (secondary N) is 1. The first kappa shape index (κ1) is 15.8. The molecular weight excluding hydrogens is 276 g/mol. The molecule has 1 aromatic carbocycles. The molecule has 0 radical (unpaired) electrons. The lowest BCUT2D eigenvalue weighted by Crippen LogP contribution is -2.26. The Morgan fingerprint density at radius 1 is 1.05 bits per heavy atom. The van der Waals surface area contributed by atoms with Crippen LogP contribution in [-0.4, -0.2) is 12.8 Å². The summed E-state index contributed by atoms with van der Waals surface area (Å²) < 4.78 is 72.3.